The van der Waals surface area contributed by atoms with E-state index in [0.29, 0.717) is 24.0 Å². The van der Waals surface area contributed by atoms with Gasteiger partial charge in [0, 0.05) is 23.1 Å². The summed E-state index contributed by atoms with van der Waals surface area (Å²) < 4.78 is 39.8. The third-order valence-electron chi connectivity index (χ3n) is 5.97. The number of anilines is 1. The number of nitrogens with one attached hydrogen (secondary N) is 1. The van der Waals surface area contributed by atoms with Crippen molar-refractivity contribution in [2.75, 3.05) is 11.3 Å². The zero-order valence-electron chi connectivity index (χ0n) is 18.0. The van der Waals surface area contributed by atoms with Gasteiger partial charge in [-0.1, -0.05) is 20.8 Å². The van der Waals surface area contributed by atoms with Crippen LogP contribution in [0.5, 0.6) is 5.75 Å². The summed E-state index contributed by atoms with van der Waals surface area (Å²) in [7, 11) is -3.69. The number of hydrogen-bond donors (Lipinski definition) is 1. The minimum absolute atomic E-state index is 0.202. The van der Waals surface area contributed by atoms with Crippen LogP contribution in [-0.2, 0) is 22.9 Å². The van der Waals surface area contributed by atoms with Crippen molar-refractivity contribution in [1.82, 2.24) is 0 Å². The Morgan fingerprint density at radius 1 is 1.13 bits per heavy atom. The fourth-order valence-electron chi connectivity index (χ4n) is 4.18. The molecule has 0 radical (unpaired) electrons. The monoisotopic (exact) mass is 427 g/mol. The van der Waals surface area contributed by atoms with Gasteiger partial charge >= 0.3 is 0 Å². The summed E-state index contributed by atoms with van der Waals surface area (Å²) in [5.74, 6) is 2.27. The van der Waals surface area contributed by atoms with Gasteiger partial charge in [0.2, 0.25) is 0 Å². The number of benzene rings is 2. The third-order valence-corrected chi connectivity index (χ3v) is 7.36. The summed E-state index contributed by atoms with van der Waals surface area (Å²) >= 11 is 0. The van der Waals surface area contributed by atoms with Gasteiger partial charge in [0.1, 0.15) is 17.1 Å². The molecule has 1 unspecified atom stereocenters. The van der Waals surface area contributed by atoms with Crippen molar-refractivity contribution < 1.29 is 17.6 Å². The highest BCUT2D eigenvalue weighted by atomic mass is 32.2. The summed E-state index contributed by atoms with van der Waals surface area (Å²) in [6.07, 6.45) is 3.01. The highest BCUT2D eigenvalue weighted by molar-refractivity contribution is 7.92. The molecule has 0 bridgehead atoms. The molecule has 1 N–H and O–H groups in total. The van der Waals surface area contributed by atoms with Crippen LogP contribution in [0.25, 0.3) is 11.0 Å². The molecule has 3 aromatic rings. The van der Waals surface area contributed by atoms with Gasteiger partial charge in [-0.3, -0.25) is 4.72 Å². The molecule has 2 aromatic carbocycles. The van der Waals surface area contributed by atoms with Crippen LogP contribution >= 0.6 is 0 Å². The second kappa shape index (κ2) is 7.65. The predicted molar refractivity (Wildman–Crippen MR) is 120 cm³/mol. The van der Waals surface area contributed by atoms with Crippen molar-refractivity contribution in [1.29, 1.82) is 0 Å². The molecule has 0 amide bonds. The molecule has 0 saturated carbocycles. The van der Waals surface area contributed by atoms with E-state index in [2.05, 4.69) is 25.5 Å². The maximum atomic E-state index is 12.8. The van der Waals surface area contributed by atoms with E-state index in [9.17, 15) is 8.42 Å². The van der Waals surface area contributed by atoms with Gasteiger partial charge in [0.05, 0.1) is 11.5 Å². The Bertz CT molecular complexity index is 1150. The highest BCUT2D eigenvalue weighted by Gasteiger charge is 2.31. The number of rotatable bonds is 5. The summed E-state index contributed by atoms with van der Waals surface area (Å²) in [6.45, 7) is 9.26. The normalized spacial score (nSPS) is 17.0. The molecule has 4 rings (SSSR count). The SMILES string of the molecule is CCOc1ccc(S(=O)(=O)Nc2ccc3oc4c(c3c2)CC(C(C)(C)C)CC4)cc1. The van der Waals surface area contributed by atoms with Crippen LogP contribution < -0.4 is 9.46 Å². The second-order valence-corrected chi connectivity index (χ2v) is 10.7. The molecule has 5 nitrogen and oxygen atoms in total. The van der Waals surface area contributed by atoms with E-state index in [1.54, 1.807) is 30.3 Å². The Balaban J connectivity index is 1.62. The van der Waals surface area contributed by atoms with Crippen molar-refractivity contribution in [2.24, 2.45) is 11.3 Å². The van der Waals surface area contributed by atoms with Gasteiger partial charge in [-0.2, -0.15) is 0 Å². The maximum absolute atomic E-state index is 12.8. The highest BCUT2D eigenvalue weighted by Crippen LogP contribution is 2.41. The number of fused-ring (bicyclic) bond motifs is 3. The first-order valence-electron chi connectivity index (χ1n) is 10.5. The Hall–Kier alpha value is -2.47. The van der Waals surface area contributed by atoms with Gasteiger partial charge in [0.25, 0.3) is 10.0 Å². The molecular weight excluding hydrogens is 398 g/mol. The fraction of sp³-hybridized carbons (Fsp3) is 0.417. The van der Waals surface area contributed by atoms with Crippen LogP contribution in [0, 0.1) is 11.3 Å². The average molecular weight is 428 g/mol. The van der Waals surface area contributed by atoms with Crippen LogP contribution in [0.1, 0.15) is 45.4 Å². The van der Waals surface area contributed by atoms with Crippen LogP contribution in [0.3, 0.4) is 0 Å². The lowest BCUT2D eigenvalue weighted by molar-refractivity contribution is 0.210. The van der Waals surface area contributed by atoms with Crippen LogP contribution in [0.4, 0.5) is 5.69 Å². The lowest BCUT2D eigenvalue weighted by atomic mass is 9.71. The number of sulfonamides is 1. The van der Waals surface area contributed by atoms with E-state index < -0.39 is 10.0 Å². The summed E-state index contributed by atoms with van der Waals surface area (Å²) in [6, 6.07) is 12.0. The Labute approximate surface area is 178 Å². The van der Waals surface area contributed by atoms with Gasteiger partial charge in [-0.25, -0.2) is 8.42 Å². The number of ether oxygens (including phenoxy) is 1. The lowest BCUT2D eigenvalue weighted by Gasteiger charge is -2.33. The molecule has 0 saturated heterocycles. The maximum Gasteiger partial charge on any atom is 0.261 e. The molecular formula is C24H29NO4S. The van der Waals surface area contributed by atoms with Crippen LogP contribution in [-0.4, -0.2) is 15.0 Å². The Kier molecular flexibility index (Phi) is 5.30. The predicted octanol–water partition coefficient (Wildman–Crippen LogP) is 5.78. The Morgan fingerprint density at radius 2 is 1.87 bits per heavy atom. The summed E-state index contributed by atoms with van der Waals surface area (Å²) in [4.78, 5) is 0.202. The molecule has 0 fully saturated rings. The van der Waals surface area contributed by atoms with Crippen LogP contribution in [0.2, 0.25) is 0 Å². The smallest absolute Gasteiger partial charge is 0.261 e. The van der Waals surface area contributed by atoms with Crippen LogP contribution in [0.15, 0.2) is 51.8 Å². The minimum Gasteiger partial charge on any atom is -0.494 e. The molecule has 1 aromatic heterocycles. The first kappa shape index (κ1) is 20.8. The van der Waals surface area contributed by atoms with Crippen molar-refractivity contribution in [3.8, 4) is 5.75 Å². The van der Waals surface area contributed by atoms with E-state index in [1.165, 1.54) is 5.56 Å². The summed E-state index contributed by atoms with van der Waals surface area (Å²) in [5.41, 5.74) is 2.81. The molecule has 0 spiro atoms. The molecule has 6 heteroatoms. The van der Waals surface area contributed by atoms with E-state index >= 15 is 0 Å². The summed E-state index contributed by atoms with van der Waals surface area (Å²) in [5, 5.41) is 1.01. The van der Waals surface area contributed by atoms with E-state index in [4.69, 9.17) is 9.15 Å². The topological polar surface area (TPSA) is 68.5 Å². The standard InChI is InChI=1S/C24H29NO4S/c1-5-28-18-8-10-19(11-9-18)30(26,27)25-17-7-13-23-21(15-17)20-14-16(24(2,3)4)6-12-22(20)29-23/h7-11,13,15-16,25H,5-6,12,14H2,1-4H3. The first-order chi connectivity index (χ1) is 14.2. The average Bonchev–Trinajstić information content (AvgIpc) is 3.05. The molecule has 1 heterocycles. The van der Waals surface area contributed by atoms with Gasteiger partial charge < -0.3 is 9.15 Å². The van der Waals surface area contributed by atoms with E-state index in [1.807, 2.05) is 19.1 Å². The van der Waals surface area contributed by atoms with E-state index in [0.717, 1.165) is 36.0 Å². The third kappa shape index (κ3) is 4.06. The number of hydrogen-bond acceptors (Lipinski definition) is 4. The fourth-order valence-corrected chi connectivity index (χ4v) is 5.23. The molecule has 160 valence electrons. The first-order valence-corrected chi connectivity index (χ1v) is 12.0. The van der Waals surface area contributed by atoms with Crippen molar-refractivity contribution in [3.63, 3.8) is 0 Å². The zero-order valence-corrected chi connectivity index (χ0v) is 18.8. The van der Waals surface area contributed by atoms with Gasteiger partial charge in [0.15, 0.2) is 0 Å². The van der Waals surface area contributed by atoms with Crippen molar-refractivity contribution in [2.45, 2.75) is 51.9 Å². The Morgan fingerprint density at radius 3 is 2.53 bits per heavy atom. The molecule has 1 aliphatic carbocycles. The van der Waals surface area contributed by atoms with Crippen molar-refractivity contribution >= 4 is 26.7 Å². The number of aryl methyl sites for hydroxylation is 1. The minimum atomic E-state index is -3.69. The van der Waals surface area contributed by atoms with Crippen molar-refractivity contribution in [3.05, 3.63) is 53.8 Å². The number of furan rings is 1. The largest absolute Gasteiger partial charge is 0.494 e. The molecule has 1 atom stereocenters. The zero-order chi connectivity index (χ0) is 21.5. The second-order valence-electron chi connectivity index (χ2n) is 9.03. The molecule has 1 aliphatic rings. The van der Waals surface area contributed by atoms with E-state index in [-0.39, 0.29) is 10.3 Å². The molecule has 0 aliphatic heterocycles. The molecule has 30 heavy (non-hydrogen) atoms. The lowest BCUT2D eigenvalue weighted by Crippen LogP contribution is -2.26. The van der Waals surface area contributed by atoms with Gasteiger partial charge in [-0.15, -0.1) is 0 Å². The quantitative estimate of drug-likeness (QED) is 0.560. The van der Waals surface area contributed by atoms with Gasteiger partial charge in [-0.05, 0) is 73.6 Å².